The SMILES string of the molecule is CC(=O)O[C@H]1C(=O)[C@]2(C)[C@@H](O)C[C@H]3OC[C@@]3(OC(C)=O)[C@@H]2[C@H](OC(=O)c2ccccc2)[C@]2(O)C[C@@H](OC(=O)[C@H](O)[C@@H](NC(=O)OC(C)(C)C)c3ccccc3)C(C)=C1C2(C)C. The Labute approximate surface area is 353 Å². The molecule has 4 N–H and O–H groups in total. The molecule has 1 amide bonds. The number of aliphatic hydroxyl groups excluding tert-OH is 2. The fourth-order valence-electron chi connectivity index (χ4n) is 9.80. The van der Waals surface area contributed by atoms with E-state index in [1.54, 1.807) is 83.1 Å². The minimum absolute atomic E-state index is 0.0126. The van der Waals surface area contributed by atoms with E-state index in [-0.39, 0.29) is 29.7 Å². The van der Waals surface area contributed by atoms with Crippen molar-refractivity contribution in [2.45, 2.75) is 135 Å². The van der Waals surface area contributed by atoms with E-state index >= 15 is 4.79 Å². The van der Waals surface area contributed by atoms with Gasteiger partial charge in [0, 0.05) is 32.1 Å². The summed E-state index contributed by atoms with van der Waals surface area (Å²) in [5.41, 5.74) is -8.30. The summed E-state index contributed by atoms with van der Waals surface area (Å²) < 4.78 is 35.6. The molecule has 3 aliphatic carbocycles. The summed E-state index contributed by atoms with van der Waals surface area (Å²) in [5.74, 6) is -6.30. The second kappa shape index (κ2) is 16.3. The van der Waals surface area contributed by atoms with Crippen LogP contribution >= 0.6 is 0 Å². The molecule has 0 unspecified atom stereocenters. The lowest BCUT2D eigenvalue weighted by Crippen LogP contribution is -2.82. The first-order chi connectivity index (χ1) is 28.4. The van der Waals surface area contributed by atoms with E-state index in [2.05, 4.69) is 5.32 Å². The number of ketones is 1. The van der Waals surface area contributed by atoms with E-state index in [4.69, 9.17) is 28.4 Å². The maximum Gasteiger partial charge on any atom is 0.408 e. The van der Waals surface area contributed by atoms with Gasteiger partial charge in [0.25, 0.3) is 0 Å². The standard InChI is InChI=1S/C45H55NO15/c1-23-28(58-39(53)33(50)32(26-16-12-10-13-17-26)46-40(54)61-41(4,5)6)21-45(55)37(59-38(52)27-18-14-11-15-19-27)35-43(9,29(49)20-30-44(35,22-56-30)60-25(3)48)36(51)34(57-24(2)47)31(23)42(45,7)8/h10-19,28-30,32-35,37,49-50,55H,20-22H2,1-9H3,(H,46,54)/t28-,29+,30-,32+,33-,34-,35-,37+,43-,44+,45-/m1/s1. The number of esters is 4. The smallest absolute Gasteiger partial charge is 0.408 e. The third-order valence-electron chi connectivity index (χ3n) is 12.8. The van der Waals surface area contributed by atoms with Crippen molar-refractivity contribution in [2.24, 2.45) is 16.7 Å². The predicted molar refractivity (Wildman–Crippen MR) is 213 cm³/mol. The van der Waals surface area contributed by atoms with Crippen LogP contribution in [-0.2, 0) is 47.6 Å². The Morgan fingerprint density at radius 1 is 0.902 bits per heavy atom. The summed E-state index contributed by atoms with van der Waals surface area (Å²) in [4.78, 5) is 82.9. The molecule has 0 radical (unpaired) electrons. The summed E-state index contributed by atoms with van der Waals surface area (Å²) >= 11 is 0. The fraction of sp³-hybridized carbons (Fsp3) is 0.556. The number of hydrogen-bond donors (Lipinski definition) is 4. The van der Waals surface area contributed by atoms with Crippen molar-refractivity contribution in [2.75, 3.05) is 6.61 Å². The second-order valence-electron chi connectivity index (χ2n) is 18.2. The summed E-state index contributed by atoms with van der Waals surface area (Å²) in [5, 5.41) is 39.9. The van der Waals surface area contributed by atoms with Gasteiger partial charge in [-0.25, -0.2) is 14.4 Å². The molecule has 4 aliphatic rings. The summed E-state index contributed by atoms with van der Waals surface area (Å²) in [6.07, 6.45) is -11.5. The zero-order valence-corrected chi connectivity index (χ0v) is 35.8. The largest absolute Gasteiger partial charge is 0.456 e. The number of fused-ring (bicyclic) bond motifs is 5. The Hall–Kier alpha value is -5.16. The van der Waals surface area contributed by atoms with Crippen molar-refractivity contribution in [3.8, 4) is 0 Å². The molecule has 16 nitrogen and oxygen atoms in total. The van der Waals surface area contributed by atoms with Crippen LogP contribution in [-0.4, -0.2) is 111 Å². The summed E-state index contributed by atoms with van der Waals surface area (Å²) in [7, 11) is 0. The third kappa shape index (κ3) is 7.94. The molecule has 11 atom stereocenters. The average molecular weight is 850 g/mol. The van der Waals surface area contributed by atoms with E-state index in [9.17, 15) is 39.3 Å². The molecule has 2 aromatic carbocycles. The van der Waals surface area contributed by atoms with Crippen LogP contribution in [0.1, 0.15) is 97.1 Å². The molecule has 16 heteroatoms. The quantitative estimate of drug-likeness (QED) is 0.160. The number of Topliss-reactive ketones (excluding diaryl/α,β-unsaturated/α-hetero) is 1. The monoisotopic (exact) mass is 849 g/mol. The molecule has 61 heavy (non-hydrogen) atoms. The van der Waals surface area contributed by atoms with Crippen molar-refractivity contribution >= 4 is 35.8 Å². The lowest BCUT2D eigenvalue weighted by molar-refractivity contribution is -0.346. The van der Waals surface area contributed by atoms with Gasteiger partial charge in [-0.05, 0) is 63.5 Å². The van der Waals surface area contributed by atoms with Crippen LogP contribution in [0.3, 0.4) is 0 Å². The third-order valence-corrected chi connectivity index (χ3v) is 12.8. The topological polar surface area (TPSA) is 231 Å². The molecule has 2 saturated carbocycles. The summed E-state index contributed by atoms with van der Waals surface area (Å²) in [6, 6.07) is 14.5. The minimum Gasteiger partial charge on any atom is -0.456 e. The number of carbonyl (C=O) groups is 6. The Balaban J connectivity index is 1.54. The number of benzene rings is 2. The van der Waals surface area contributed by atoms with Crippen LogP contribution in [0.15, 0.2) is 71.8 Å². The van der Waals surface area contributed by atoms with Crippen LogP contribution in [0.4, 0.5) is 4.79 Å². The molecule has 6 rings (SSSR count). The molecule has 330 valence electrons. The molecular formula is C45H55NO15. The molecule has 0 aromatic heterocycles. The molecule has 1 aliphatic heterocycles. The molecule has 0 spiro atoms. The Kier molecular flexibility index (Phi) is 12.1. The highest BCUT2D eigenvalue weighted by atomic mass is 16.6. The van der Waals surface area contributed by atoms with Gasteiger partial charge in [0.1, 0.15) is 29.5 Å². The van der Waals surface area contributed by atoms with Crippen molar-refractivity contribution in [1.82, 2.24) is 5.32 Å². The van der Waals surface area contributed by atoms with Crippen LogP contribution in [0.25, 0.3) is 0 Å². The number of aliphatic hydroxyl groups is 3. The molecule has 2 aromatic rings. The van der Waals surface area contributed by atoms with Crippen molar-refractivity contribution in [1.29, 1.82) is 0 Å². The van der Waals surface area contributed by atoms with Crippen LogP contribution in [0, 0.1) is 16.7 Å². The number of amides is 1. The number of alkyl carbamates (subject to hydrolysis) is 1. The predicted octanol–water partition coefficient (Wildman–Crippen LogP) is 3.83. The molecular weight excluding hydrogens is 794 g/mol. The zero-order chi connectivity index (χ0) is 45.0. The van der Waals surface area contributed by atoms with Crippen LogP contribution < -0.4 is 5.32 Å². The Bertz CT molecular complexity index is 2100. The number of nitrogens with one attached hydrogen (secondary N) is 1. The highest BCUT2D eigenvalue weighted by Gasteiger charge is 2.78. The van der Waals surface area contributed by atoms with E-state index in [0.29, 0.717) is 5.56 Å². The van der Waals surface area contributed by atoms with Gasteiger partial charge in [-0.3, -0.25) is 14.4 Å². The van der Waals surface area contributed by atoms with Gasteiger partial charge in [0.15, 0.2) is 23.6 Å². The number of carbonyl (C=O) groups excluding carboxylic acids is 6. The minimum atomic E-state index is -2.40. The van der Waals surface area contributed by atoms with Gasteiger partial charge in [0.05, 0.1) is 35.6 Å². The number of hydrogen-bond acceptors (Lipinski definition) is 15. The molecule has 1 heterocycles. The van der Waals surface area contributed by atoms with Gasteiger partial charge >= 0.3 is 30.0 Å². The van der Waals surface area contributed by atoms with Crippen molar-refractivity contribution < 1.29 is 72.5 Å². The van der Waals surface area contributed by atoms with E-state index in [0.717, 1.165) is 13.8 Å². The van der Waals surface area contributed by atoms with E-state index in [1.807, 2.05) is 0 Å². The van der Waals surface area contributed by atoms with Gasteiger partial charge in [-0.2, -0.15) is 0 Å². The highest BCUT2D eigenvalue weighted by molar-refractivity contribution is 5.95. The highest BCUT2D eigenvalue weighted by Crippen LogP contribution is 2.64. The number of ether oxygens (including phenoxy) is 6. The first-order valence-electron chi connectivity index (χ1n) is 20.2. The first kappa shape index (κ1) is 45.4. The van der Waals surface area contributed by atoms with Crippen molar-refractivity contribution in [3.63, 3.8) is 0 Å². The Morgan fingerprint density at radius 2 is 1.51 bits per heavy atom. The first-order valence-corrected chi connectivity index (χ1v) is 20.2. The zero-order valence-electron chi connectivity index (χ0n) is 35.8. The lowest BCUT2D eigenvalue weighted by Gasteiger charge is -2.67. The maximum atomic E-state index is 15.5. The van der Waals surface area contributed by atoms with Gasteiger partial charge in [0.2, 0.25) is 0 Å². The van der Waals surface area contributed by atoms with Crippen LogP contribution in [0.5, 0.6) is 0 Å². The Morgan fingerprint density at radius 3 is 2.05 bits per heavy atom. The number of rotatable bonds is 9. The fourth-order valence-corrected chi connectivity index (χ4v) is 9.80. The van der Waals surface area contributed by atoms with Crippen molar-refractivity contribution in [3.05, 3.63) is 82.9 Å². The lowest BCUT2D eigenvalue weighted by atomic mass is 9.44. The van der Waals surface area contributed by atoms with Crippen LogP contribution in [0.2, 0.25) is 0 Å². The molecule has 3 fully saturated rings. The normalized spacial score (nSPS) is 32.5. The van der Waals surface area contributed by atoms with E-state index < -0.39 is 118 Å². The van der Waals surface area contributed by atoms with Gasteiger partial charge in [-0.1, -0.05) is 62.4 Å². The molecule has 2 bridgehead atoms. The molecule has 1 saturated heterocycles. The van der Waals surface area contributed by atoms with Gasteiger partial charge < -0.3 is 49.1 Å². The second-order valence-corrected chi connectivity index (χ2v) is 18.2. The average Bonchev–Trinajstić information content (AvgIpc) is 3.17. The van der Waals surface area contributed by atoms with Gasteiger partial charge in [-0.15, -0.1) is 0 Å². The maximum absolute atomic E-state index is 15.5. The van der Waals surface area contributed by atoms with E-state index in [1.165, 1.54) is 26.0 Å². The summed E-state index contributed by atoms with van der Waals surface area (Å²) in [6.45, 7) is 12.9.